The summed E-state index contributed by atoms with van der Waals surface area (Å²) in [5.41, 5.74) is 0. The van der Waals surface area contributed by atoms with E-state index in [0.29, 0.717) is 12.3 Å². The number of rotatable bonds is 3. The Morgan fingerprint density at radius 2 is 1.90 bits per heavy atom. The van der Waals surface area contributed by atoms with Crippen molar-refractivity contribution >= 4 is 23.6 Å². The van der Waals surface area contributed by atoms with Crippen LogP contribution in [0.5, 0.6) is 0 Å². The Morgan fingerprint density at radius 3 is 2.50 bits per heavy atom. The van der Waals surface area contributed by atoms with E-state index >= 15 is 0 Å². The number of piperidine rings is 1. The maximum atomic E-state index is 12.5. The second-order valence-electron chi connectivity index (χ2n) is 5.83. The second kappa shape index (κ2) is 6.80. The molecule has 0 aliphatic carbocycles. The van der Waals surface area contributed by atoms with Gasteiger partial charge < -0.3 is 10.0 Å². The lowest BCUT2D eigenvalue weighted by atomic mass is 9.97. The third-order valence-corrected chi connectivity index (χ3v) is 5.37. The minimum absolute atomic E-state index is 0.0860. The van der Waals surface area contributed by atoms with Crippen LogP contribution in [0.2, 0.25) is 0 Å². The Kier molecular flexibility index (Phi) is 5.32. The Labute approximate surface area is 124 Å². The number of thioether (sulfide) groups is 1. The van der Waals surface area contributed by atoms with E-state index in [2.05, 4.69) is 13.8 Å². The Hall–Kier alpha value is -0.750. The molecule has 1 N–H and O–H groups in total. The molecule has 6 heteroatoms. The number of hydrogen-bond donors (Lipinski definition) is 1. The summed E-state index contributed by atoms with van der Waals surface area (Å²) in [4.78, 5) is 27.6. The van der Waals surface area contributed by atoms with E-state index in [4.69, 9.17) is 0 Å². The fourth-order valence-electron chi connectivity index (χ4n) is 3.22. The number of carbonyl (C=O) groups excluding carboxylic acids is 1. The van der Waals surface area contributed by atoms with E-state index in [1.807, 2.05) is 9.80 Å². The average Bonchev–Trinajstić information content (AvgIpc) is 2.38. The quantitative estimate of drug-likeness (QED) is 0.851. The fraction of sp³-hybridized carbons (Fsp3) is 0.857. The van der Waals surface area contributed by atoms with Crippen LogP contribution < -0.4 is 0 Å². The van der Waals surface area contributed by atoms with Gasteiger partial charge in [-0.3, -0.25) is 14.5 Å². The number of likely N-dealkylation sites (tertiary alicyclic amines) is 1. The molecule has 0 bridgehead atoms. The van der Waals surface area contributed by atoms with Crippen LogP contribution in [0.3, 0.4) is 0 Å². The molecule has 0 saturated carbocycles. The highest BCUT2D eigenvalue weighted by atomic mass is 32.2. The second-order valence-corrected chi connectivity index (χ2v) is 6.98. The van der Waals surface area contributed by atoms with Crippen molar-refractivity contribution in [1.82, 2.24) is 9.80 Å². The van der Waals surface area contributed by atoms with Crippen LogP contribution in [0.1, 0.15) is 33.1 Å². The first kappa shape index (κ1) is 15.6. The van der Waals surface area contributed by atoms with Gasteiger partial charge in [-0.05, 0) is 33.1 Å². The predicted octanol–water partition coefficient (Wildman–Crippen LogP) is 1.28. The molecule has 20 heavy (non-hydrogen) atoms. The molecular formula is C14H24N2O3S. The zero-order chi connectivity index (χ0) is 14.7. The van der Waals surface area contributed by atoms with Crippen LogP contribution in [-0.4, -0.2) is 69.5 Å². The molecule has 114 valence electrons. The van der Waals surface area contributed by atoms with Crippen LogP contribution >= 0.6 is 11.8 Å². The first-order valence-corrected chi connectivity index (χ1v) is 8.52. The number of carbonyl (C=O) groups is 2. The summed E-state index contributed by atoms with van der Waals surface area (Å²) in [6.45, 7) is 5.11. The molecule has 2 heterocycles. The number of aliphatic carboxylic acids is 1. The van der Waals surface area contributed by atoms with Gasteiger partial charge in [-0.15, -0.1) is 0 Å². The molecule has 1 amide bonds. The zero-order valence-electron chi connectivity index (χ0n) is 12.2. The highest BCUT2D eigenvalue weighted by Crippen LogP contribution is 2.24. The molecule has 0 radical (unpaired) electrons. The van der Waals surface area contributed by atoms with Gasteiger partial charge >= 0.3 is 5.97 Å². The van der Waals surface area contributed by atoms with E-state index in [1.165, 1.54) is 6.42 Å². The average molecular weight is 300 g/mol. The topological polar surface area (TPSA) is 60.9 Å². The summed E-state index contributed by atoms with van der Waals surface area (Å²) in [5.74, 6) is 0.753. The Morgan fingerprint density at radius 1 is 1.25 bits per heavy atom. The first-order valence-electron chi connectivity index (χ1n) is 7.36. The van der Waals surface area contributed by atoms with Crippen molar-refractivity contribution in [3.05, 3.63) is 0 Å². The van der Waals surface area contributed by atoms with Gasteiger partial charge in [-0.2, -0.15) is 11.8 Å². The van der Waals surface area contributed by atoms with Crippen molar-refractivity contribution in [3.63, 3.8) is 0 Å². The van der Waals surface area contributed by atoms with Crippen LogP contribution in [0.4, 0.5) is 0 Å². The number of amides is 1. The van der Waals surface area contributed by atoms with Gasteiger partial charge in [-0.25, -0.2) is 0 Å². The van der Waals surface area contributed by atoms with Crippen molar-refractivity contribution < 1.29 is 14.7 Å². The van der Waals surface area contributed by atoms with Gasteiger partial charge in [-0.1, -0.05) is 0 Å². The van der Waals surface area contributed by atoms with E-state index in [-0.39, 0.29) is 24.5 Å². The summed E-state index contributed by atoms with van der Waals surface area (Å²) in [6.07, 6.45) is 3.27. The molecule has 2 saturated heterocycles. The van der Waals surface area contributed by atoms with Crippen molar-refractivity contribution in [2.75, 3.05) is 24.6 Å². The molecule has 3 unspecified atom stereocenters. The standard InChI is InChI=1S/C14H24N2O3S/c1-10-4-3-5-11(2)16(10)13(17)8-15-6-7-20-9-12(15)14(18)19/h10-12H,3-9H2,1-2H3,(H,18,19). The minimum Gasteiger partial charge on any atom is -0.480 e. The van der Waals surface area contributed by atoms with Crippen molar-refractivity contribution in [1.29, 1.82) is 0 Å². The Balaban J connectivity index is 2.00. The van der Waals surface area contributed by atoms with E-state index in [0.717, 1.165) is 18.6 Å². The maximum Gasteiger partial charge on any atom is 0.321 e. The van der Waals surface area contributed by atoms with Crippen LogP contribution in [-0.2, 0) is 9.59 Å². The van der Waals surface area contributed by atoms with Gasteiger partial charge in [0.2, 0.25) is 5.91 Å². The normalized spacial score (nSPS) is 32.1. The fourth-order valence-corrected chi connectivity index (χ4v) is 4.33. The highest BCUT2D eigenvalue weighted by Gasteiger charge is 2.34. The van der Waals surface area contributed by atoms with Crippen LogP contribution in [0.15, 0.2) is 0 Å². The zero-order valence-corrected chi connectivity index (χ0v) is 13.1. The summed E-state index contributed by atoms with van der Waals surface area (Å²) in [5, 5.41) is 9.26. The lowest BCUT2D eigenvalue weighted by Crippen LogP contribution is -2.55. The van der Waals surface area contributed by atoms with Crippen molar-refractivity contribution in [2.24, 2.45) is 0 Å². The molecule has 3 atom stereocenters. The summed E-state index contributed by atoms with van der Waals surface area (Å²) < 4.78 is 0. The molecule has 2 fully saturated rings. The number of nitrogens with zero attached hydrogens (tertiary/aromatic N) is 2. The lowest BCUT2D eigenvalue weighted by molar-refractivity contribution is -0.145. The van der Waals surface area contributed by atoms with Gasteiger partial charge in [0.1, 0.15) is 6.04 Å². The van der Waals surface area contributed by atoms with Crippen LogP contribution in [0.25, 0.3) is 0 Å². The summed E-state index contributed by atoms with van der Waals surface area (Å²) in [6, 6.07) is 0.0236. The Bertz CT molecular complexity index is 367. The van der Waals surface area contributed by atoms with Gasteiger partial charge in [0, 0.05) is 30.1 Å². The van der Waals surface area contributed by atoms with Gasteiger partial charge in [0.25, 0.3) is 0 Å². The number of carboxylic acids is 1. The van der Waals surface area contributed by atoms with Gasteiger partial charge in [0.15, 0.2) is 0 Å². The van der Waals surface area contributed by atoms with Crippen LogP contribution in [0, 0.1) is 0 Å². The number of carboxylic acid groups (broad SMARTS) is 1. The smallest absolute Gasteiger partial charge is 0.321 e. The molecule has 2 aliphatic rings. The first-order chi connectivity index (χ1) is 9.50. The molecule has 0 aromatic rings. The molecular weight excluding hydrogens is 276 g/mol. The summed E-state index contributed by atoms with van der Waals surface area (Å²) >= 11 is 1.65. The monoisotopic (exact) mass is 300 g/mol. The largest absolute Gasteiger partial charge is 0.480 e. The SMILES string of the molecule is CC1CCCC(C)N1C(=O)CN1CCSCC1C(=O)O. The van der Waals surface area contributed by atoms with Crippen molar-refractivity contribution in [3.8, 4) is 0 Å². The molecule has 2 rings (SSSR count). The predicted molar refractivity (Wildman–Crippen MR) is 79.9 cm³/mol. The maximum absolute atomic E-state index is 12.5. The molecule has 0 aromatic heterocycles. The van der Waals surface area contributed by atoms with E-state index in [1.54, 1.807) is 11.8 Å². The minimum atomic E-state index is -0.815. The lowest BCUT2D eigenvalue weighted by Gasteiger charge is -2.41. The van der Waals surface area contributed by atoms with E-state index in [9.17, 15) is 14.7 Å². The molecule has 2 aliphatic heterocycles. The third-order valence-electron chi connectivity index (χ3n) is 4.34. The number of hydrogen-bond acceptors (Lipinski definition) is 4. The molecule has 5 nitrogen and oxygen atoms in total. The summed E-state index contributed by atoms with van der Waals surface area (Å²) in [7, 11) is 0. The molecule has 0 aromatic carbocycles. The highest BCUT2D eigenvalue weighted by molar-refractivity contribution is 7.99. The molecule has 0 spiro atoms. The van der Waals surface area contributed by atoms with E-state index < -0.39 is 12.0 Å². The third kappa shape index (κ3) is 3.47. The van der Waals surface area contributed by atoms with Gasteiger partial charge in [0.05, 0.1) is 6.54 Å². The van der Waals surface area contributed by atoms with Crippen molar-refractivity contribution in [2.45, 2.75) is 51.2 Å².